The Labute approximate surface area is 125 Å². The van der Waals surface area contributed by atoms with Gasteiger partial charge in [-0.3, -0.25) is 4.79 Å². The highest BCUT2D eigenvalue weighted by molar-refractivity contribution is 5.99. The fourth-order valence-corrected chi connectivity index (χ4v) is 2.22. The second-order valence-electron chi connectivity index (χ2n) is 4.86. The molecule has 0 fully saturated rings. The first-order chi connectivity index (χ1) is 10.1. The number of ketones is 1. The van der Waals surface area contributed by atoms with Crippen LogP contribution < -0.4 is 9.47 Å². The minimum atomic E-state index is -0.0818. The average molecular weight is 284 g/mol. The Kier molecular flexibility index (Phi) is 4.99. The second-order valence-corrected chi connectivity index (χ2v) is 4.86. The van der Waals surface area contributed by atoms with Gasteiger partial charge in [-0.25, -0.2) is 0 Å². The van der Waals surface area contributed by atoms with E-state index in [1.165, 1.54) is 0 Å². The molecule has 2 aromatic rings. The van der Waals surface area contributed by atoms with Gasteiger partial charge in [0.2, 0.25) is 5.78 Å². The number of rotatable bonds is 6. The lowest BCUT2D eigenvalue weighted by Gasteiger charge is -2.13. The molecule has 0 saturated heterocycles. The Bertz CT molecular complexity index is 612. The van der Waals surface area contributed by atoms with Crippen molar-refractivity contribution in [3.63, 3.8) is 0 Å². The van der Waals surface area contributed by atoms with Gasteiger partial charge in [-0.15, -0.1) is 0 Å². The number of aryl methyl sites for hydroxylation is 2. The molecule has 110 valence electrons. The number of hydrogen-bond donors (Lipinski definition) is 0. The fourth-order valence-electron chi connectivity index (χ4n) is 2.22. The van der Waals surface area contributed by atoms with Crippen molar-refractivity contribution in [1.29, 1.82) is 0 Å². The molecule has 0 aromatic heterocycles. The summed E-state index contributed by atoms with van der Waals surface area (Å²) in [6, 6.07) is 13.2. The van der Waals surface area contributed by atoms with Crippen molar-refractivity contribution < 1.29 is 14.3 Å². The molecular formula is C18H20O3. The zero-order valence-electron chi connectivity index (χ0n) is 12.7. The number of Topliss-reactive ketones (excluding diaryl/α,β-unsaturated/α-hetero) is 1. The lowest BCUT2D eigenvalue weighted by Crippen LogP contribution is -2.14. The van der Waals surface area contributed by atoms with Crippen LogP contribution in [0.15, 0.2) is 42.5 Å². The molecule has 21 heavy (non-hydrogen) atoms. The summed E-state index contributed by atoms with van der Waals surface area (Å²) < 4.78 is 11.2. The summed E-state index contributed by atoms with van der Waals surface area (Å²) in [5.74, 6) is 1.30. The van der Waals surface area contributed by atoms with E-state index in [1.54, 1.807) is 12.1 Å². The molecule has 0 aliphatic heterocycles. The predicted octanol–water partition coefficient (Wildman–Crippen LogP) is 3.96. The topological polar surface area (TPSA) is 35.5 Å². The highest BCUT2D eigenvalue weighted by atomic mass is 16.5. The van der Waals surface area contributed by atoms with Crippen molar-refractivity contribution in [2.45, 2.75) is 20.8 Å². The Balaban J connectivity index is 2.12. The van der Waals surface area contributed by atoms with Crippen molar-refractivity contribution in [3.05, 3.63) is 59.2 Å². The first-order valence-corrected chi connectivity index (χ1v) is 7.07. The Morgan fingerprint density at radius 1 is 0.952 bits per heavy atom. The van der Waals surface area contributed by atoms with Crippen molar-refractivity contribution in [1.82, 2.24) is 0 Å². The van der Waals surface area contributed by atoms with E-state index in [0.717, 1.165) is 16.9 Å². The van der Waals surface area contributed by atoms with Crippen LogP contribution in [0.1, 0.15) is 28.4 Å². The van der Waals surface area contributed by atoms with Crippen LogP contribution in [0.2, 0.25) is 0 Å². The van der Waals surface area contributed by atoms with Crippen LogP contribution in [0.25, 0.3) is 0 Å². The first-order valence-electron chi connectivity index (χ1n) is 7.07. The smallest absolute Gasteiger partial charge is 0.203 e. The molecule has 0 unspecified atom stereocenters. The normalized spacial score (nSPS) is 10.2. The van der Waals surface area contributed by atoms with E-state index in [4.69, 9.17) is 9.47 Å². The summed E-state index contributed by atoms with van der Waals surface area (Å²) in [4.78, 5) is 12.3. The zero-order valence-corrected chi connectivity index (χ0v) is 12.7. The quantitative estimate of drug-likeness (QED) is 0.753. The Morgan fingerprint density at radius 3 is 2.29 bits per heavy atom. The number of para-hydroxylation sites is 2. The van der Waals surface area contributed by atoms with E-state index in [-0.39, 0.29) is 12.4 Å². The summed E-state index contributed by atoms with van der Waals surface area (Å²) in [6.45, 7) is 6.38. The molecule has 0 saturated carbocycles. The van der Waals surface area contributed by atoms with Gasteiger partial charge in [0.15, 0.2) is 6.61 Å². The lowest BCUT2D eigenvalue weighted by atomic mass is 10.1. The molecule has 0 atom stereocenters. The number of carbonyl (C=O) groups excluding carboxylic acids is 1. The highest BCUT2D eigenvalue weighted by Crippen LogP contribution is 2.23. The van der Waals surface area contributed by atoms with Gasteiger partial charge in [-0.05, 0) is 44.0 Å². The molecule has 2 rings (SSSR count). The van der Waals surface area contributed by atoms with Crippen molar-refractivity contribution in [2.24, 2.45) is 0 Å². The number of hydrogen-bond acceptors (Lipinski definition) is 3. The average Bonchev–Trinajstić information content (AvgIpc) is 2.47. The zero-order chi connectivity index (χ0) is 15.2. The van der Waals surface area contributed by atoms with E-state index in [1.807, 2.05) is 51.1 Å². The van der Waals surface area contributed by atoms with E-state index < -0.39 is 0 Å². The molecule has 0 aliphatic rings. The van der Waals surface area contributed by atoms with Crippen LogP contribution in [0, 0.1) is 13.8 Å². The molecule has 3 heteroatoms. The van der Waals surface area contributed by atoms with Gasteiger partial charge in [0.1, 0.15) is 11.5 Å². The maximum atomic E-state index is 12.3. The third-order valence-electron chi connectivity index (χ3n) is 3.24. The molecule has 0 bridgehead atoms. The Morgan fingerprint density at radius 2 is 1.62 bits per heavy atom. The summed E-state index contributed by atoms with van der Waals surface area (Å²) in [7, 11) is 0. The van der Waals surface area contributed by atoms with Crippen LogP contribution in [-0.2, 0) is 0 Å². The molecule has 0 aliphatic carbocycles. The summed E-state index contributed by atoms with van der Waals surface area (Å²) in [5, 5.41) is 0. The van der Waals surface area contributed by atoms with Gasteiger partial charge < -0.3 is 9.47 Å². The molecule has 0 amide bonds. The van der Waals surface area contributed by atoms with E-state index in [2.05, 4.69) is 0 Å². The van der Waals surface area contributed by atoms with Crippen LogP contribution in [0.3, 0.4) is 0 Å². The molecular weight excluding hydrogens is 264 g/mol. The van der Waals surface area contributed by atoms with Gasteiger partial charge in [0.05, 0.1) is 12.2 Å². The van der Waals surface area contributed by atoms with Crippen LogP contribution in [0.5, 0.6) is 11.5 Å². The van der Waals surface area contributed by atoms with Crippen LogP contribution in [-0.4, -0.2) is 19.0 Å². The van der Waals surface area contributed by atoms with Crippen molar-refractivity contribution >= 4 is 5.78 Å². The monoisotopic (exact) mass is 284 g/mol. The Hall–Kier alpha value is -2.29. The van der Waals surface area contributed by atoms with E-state index >= 15 is 0 Å². The SMILES string of the molecule is CCOc1ccccc1C(=O)COc1c(C)cccc1C. The highest BCUT2D eigenvalue weighted by Gasteiger charge is 2.13. The maximum Gasteiger partial charge on any atom is 0.203 e. The molecule has 0 heterocycles. The molecule has 0 N–H and O–H groups in total. The van der Waals surface area contributed by atoms with Crippen LogP contribution >= 0.6 is 0 Å². The van der Waals surface area contributed by atoms with Gasteiger partial charge in [0, 0.05) is 0 Å². The molecule has 3 nitrogen and oxygen atoms in total. The largest absolute Gasteiger partial charge is 0.493 e. The van der Waals surface area contributed by atoms with Gasteiger partial charge in [-0.2, -0.15) is 0 Å². The third kappa shape index (κ3) is 3.63. The van der Waals surface area contributed by atoms with E-state index in [9.17, 15) is 4.79 Å². The maximum absolute atomic E-state index is 12.3. The second kappa shape index (κ2) is 6.93. The van der Waals surface area contributed by atoms with Crippen LogP contribution in [0.4, 0.5) is 0 Å². The van der Waals surface area contributed by atoms with Crippen molar-refractivity contribution in [2.75, 3.05) is 13.2 Å². The third-order valence-corrected chi connectivity index (χ3v) is 3.24. The minimum absolute atomic E-state index is 0.00970. The summed E-state index contributed by atoms with van der Waals surface area (Å²) in [5.41, 5.74) is 2.62. The fraction of sp³-hybridized carbons (Fsp3) is 0.278. The lowest BCUT2D eigenvalue weighted by molar-refractivity contribution is 0.0917. The molecule has 0 spiro atoms. The summed E-state index contributed by atoms with van der Waals surface area (Å²) >= 11 is 0. The van der Waals surface area contributed by atoms with Gasteiger partial charge in [0.25, 0.3) is 0 Å². The minimum Gasteiger partial charge on any atom is -0.493 e. The molecule has 0 radical (unpaired) electrons. The number of carbonyl (C=O) groups is 1. The molecule has 2 aromatic carbocycles. The van der Waals surface area contributed by atoms with E-state index in [0.29, 0.717) is 17.9 Å². The number of benzene rings is 2. The van der Waals surface area contributed by atoms with Gasteiger partial charge in [-0.1, -0.05) is 30.3 Å². The van der Waals surface area contributed by atoms with Crippen molar-refractivity contribution in [3.8, 4) is 11.5 Å². The first kappa shape index (κ1) is 15.1. The predicted molar refractivity (Wildman–Crippen MR) is 83.4 cm³/mol. The number of ether oxygens (including phenoxy) is 2. The summed E-state index contributed by atoms with van der Waals surface area (Å²) in [6.07, 6.45) is 0. The van der Waals surface area contributed by atoms with Gasteiger partial charge >= 0.3 is 0 Å². The standard InChI is InChI=1S/C18H20O3/c1-4-20-17-11-6-5-10-15(17)16(19)12-21-18-13(2)8-7-9-14(18)3/h5-11H,4,12H2,1-3H3.